The van der Waals surface area contributed by atoms with E-state index >= 15 is 0 Å². The molecule has 1 aliphatic carbocycles. The van der Waals surface area contributed by atoms with Gasteiger partial charge in [0.2, 0.25) is 0 Å². The third kappa shape index (κ3) is 3.96. The Balaban J connectivity index is 0.00000208. The van der Waals surface area contributed by atoms with Gasteiger partial charge in [0, 0.05) is 36.8 Å². The number of carbonyl (C=O) groups excluding carboxylic acids is 1. The van der Waals surface area contributed by atoms with Crippen LogP contribution in [-0.4, -0.2) is 40.9 Å². The van der Waals surface area contributed by atoms with Gasteiger partial charge in [0.1, 0.15) is 5.69 Å². The Labute approximate surface area is 147 Å². The Morgan fingerprint density at radius 3 is 2.71 bits per heavy atom. The highest BCUT2D eigenvalue weighted by molar-refractivity contribution is 5.96. The average Bonchev–Trinajstić information content (AvgIpc) is 3.38. The number of nitrogens with zero attached hydrogens (tertiary/aromatic N) is 2. The summed E-state index contributed by atoms with van der Waals surface area (Å²) in [6, 6.07) is 5.04. The second kappa shape index (κ2) is 7.81. The Bertz CT molecular complexity index is 621. The number of benzene rings is 1. The number of hydrogen-bond donors (Lipinski definition) is 2. The minimum Gasteiger partial charge on any atom is -0.377 e. The summed E-state index contributed by atoms with van der Waals surface area (Å²) in [5.74, 6) is -0.166. The van der Waals surface area contributed by atoms with Crippen molar-refractivity contribution in [3.63, 3.8) is 0 Å². The molecular formula is C16H23ClN4O3. The van der Waals surface area contributed by atoms with Crippen LogP contribution in [0.5, 0.6) is 0 Å². The topological polar surface area (TPSA) is 102 Å². The normalized spacial score (nSPS) is 20.2. The van der Waals surface area contributed by atoms with E-state index in [1.54, 1.807) is 17.0 Å². The van der Waals surface area contributed by atoms with Crippen molar-refractivity contribution in [2.24, 2.45) is 5.73 Å². The summed E-state index contributed by atoms with van der Waals surface area (Å²) in [5, 5.41) is 14.5. The van der Waals surface area contributed by atoms with Crippen LogP contribution in [-0.2, 0) is 0 Å². The number of nitro benzene ring substituents is 1. The van der Waals surface area contributed by atoms with Gasteiger partial charge in [0.15, 0.2) is 0 Å². The number of rotatable bonds is 5. The fourth-order valence-corrected chi connectivity index (χ4v) is 3.06. The van der Waals surface area contributed by atoms with Crippen molar-refractivity contribution in [1.29, 1.82) is 0 Å². The minimum absolute atomic E-state index is 0. The summed E-state index contributed by atoms with van der Waals surface area (Å²) >= 11 is 0. The second-order valence-electron chi connectivity index (χ2n) is 6.29. The van der Waals surface area contributed by atoms with Gasteiger partial charge in [-0.1, -0.05) is 0 Å². The monoisotopic (exact) mass is 354 g/mol. The third-order valence-electron chi connectivity index (χ3n) is 4.54. The van der Waals surface area contributed by atoms with Crippen molar-refractivity contribution in [2.75, 3.05) is 18.4 Å². The van der Waals surface area contributed by atoms with Crippen LogP contribution in [0, 0.1) is 10.1 Å². The van der Waals surface area contributed by atoms with Gasteiger partial charge in [-0.05, 0) is 44.2 Å². The number of nitrogens with two attached hydrogens (primary N) is 1. The predicted octanol–water partition coefficient (Wildman–Crippen LogP) is 2.54. The van der Waals surface area contributed by atoms with Crippen LogP contribution in [0.2, 0.25) is 0 Å². The number of likely N-dealkylation sites (tertiary alicyclic amines) is 1. The van der Waals surface area contributed by atoms with Crippen molar-refractivity contribution < 1.29 is 9.72 Å². The maximum Gasteiger partial charge on any atom is 0.293 e. The molecule has 7 nitrogen and oxygen atoms in total. The third-order valence-corrected chi connectivity index (χ3v) is 4.54. The van der Waals surface area contributed by atoms with Crippen LogP contribution in [0.1, 0.15) is 42.5 Å². The van der Waals surface area contributed by atoms with Gasteiger partial charge < -0.3 is 16.0 Å². The predicted molar refractivity (Wildman–Crippen MR) is 94.7 cm³/mol. The van der Waals surface area contributed by atoms with E-state index in [-0.39, 0.29) is 30.0 Å². The van der Waals surface area contributed by atoms with Crippen LogP contribution in [0.4, 0.5) is 11.4 Å². The summed E-state index contributed by atoms with van der Waals surface area (Å²) in [6.07, 6.45) is 4.97. The molecule has 3 N–H and O–H groups in total. The van der Waals surface area contributed by atoms with Crippen molar-refractivity contribution in [2.45, 2.75) is 44.2 Å². The molecule has 132 valence electrons. The second-order valence-corrected chi connectivity index (χ2v) is 6.29. The summed E-state index contributed by atoms with van der Waals surface area (Å²) < 4.78 is 0. The summed E-state index contributed by atoms with van der Waals surface area (Å²) in [7, 11) is 0. The summed E-state index contributed by atoms with van der Waals surface area (Å²) in [5.41, 5.74) is 6.57. The lowest BCUT2D eigenvalue weighted by Crippen LogP contribution is -2.47. The van der Waals surface area contributed by atoms with Gasteiger partial charge in [0.05, 0.1) is 4.92 Å². The van der Waals surface area contributed by atoms with Crippen molar-refractivity contribution in [1.82, 2.24) is 4.90 Å². The van der Waals surface area contributed by atoms with Crippen LogP contribution in [0.25, 0.3) is 0 Å². The van der Waals surface area contributed by atoms with E-state index in [0.717, 1.165) is 32.1 Å². The first-order chi connectivity index (χ1) is 11.1. The number of carbonyl (C=O) groups is 1. The molecule has 2 aliphatic rings. The molecule has 24 heavy (non-hydrogen) atoms. The van der Waals surface area contributed by atoms with E-state index in [4.69, 9.17) is 5.73 Å². The molecule has 2 fully saturated rings. The molecule has 0 spiro atoms. The smallest absolute Gasteiger partial charge is 0.293 e. The molecule has 1 heterocycles. The largest absolute Gasteiger partial charge is 0.377 e. The van der Waals surface area contributed by atoms with Gasteiger partial charge in [-0.2, -0.15) is 0 Å². The number of anilines is 1. The number of halogens is 1. The molecule has 3 rings (SSSR count). The molecule has 1 aromatic rings. The fraction of sp³-hybridized carbons (Fsp3) is 0.562. The standard InChI is InChI=1S/C16H22N4O3.ClH/c17-10-13-3-1-2-8-19(13)16(21)11-4-7-14(18-12-5-6-12)15(9-11)20(22)23;/h4,7,9,12-13,18H,1-3,5-6,8,10,17H2;1H. The zero-order valence-corrected chi connectivity index (χ0v) is 14.3. The Morgan fingerprint density at radius 1 is 1.33 bits per heavy atom. The fourth-order valence-electron chi connectivity index (χ4n) is 3.06. The van der Waals surface area contributed by atoms with Crippen molar-refractivity contribution in [3.05, 3.63) is 33.9 Å². The molecule has 1 unspecified atom stereocenters. The van der Waals surface area contributed by atoms with Gasteiger partial charge in [-0.25, -0.2) is 0 Å². The number of nitro groups is 1. The highest BCUT2D eigenvalue weighted by atomic mass is 35.5. The highest BCUT2D eigenvalue weighted by Gasteiger charge is 2.29. The maximum absolute atomic E-state index is 12.7. The highest BCUT2D eigenvalue weighted by Crippen LogP contribution is 2.32. The van der Waals surface area contributed by atoms with Gasteiger partial charge in [-0.3, -0.25) is 14.9 Å². The molecule has 0 radical (unpaired) electrons. The molecule has 0 aromatic heterocycles. The molecule has 0 bridgehead atoms. The van der Waals surface area contributed by atoms with Crippen molar-refractivity contribution >= 4 is 29.7 Å². The number of hydrogen-bond acceptors (Lipinski definition) is 5. The molecule has 1 aliphatic heterocycles. The number of piperidine rings is 1. The van der Waals surface area contributed by atoms with Gasteiger partial charge >= 0.3 is 0 Å². The minimum atomic E-state index is -0.432. The lowest BCUT2D eigenvalue weighted by molar-refractivity contribution is -0.384. The molecule has 1 saturated heterocycles. The molecular weight excluding hydrogens is 332 g/mol. The molecule has 8 heteroatoms. The van der Waals surface area contributed by atoms with E-state index in [2.05, 4.69) is 5.32 Å². The first kappa shape index (κ1) is 18.5. The zero-order chi connectivity index (χ0) is 16.4. The number of nitrogens with one attached hydrogen (secondary N) is 1. The van der Waals surface area contributed by atoms with Gasteiger partial charge in [0.25, 0.3) is 11.6 Å². The molecule has 1 amide bonds. The molecule has 1 aromatic carbocycles. The van der Waals surface area contributed by atoms with E-state index < -0.39 is 4.92 Å². The summed E-state index contributed by atoms with van der Waals surface area (Å²) in [4.78, 5) is 25.4. The van der Waals surface area contributed by atoms with E-state index in [9.17, 15) is 14.9 Å². The van der Waals surface area contributed by atoms with E-state index in [1.807, 2.05) is 0 Å². The Kier molecular flexibility index (Phi) is 6.01. The van der Waals surface area contributed by atoms with Crippen LogP contribution in [0.15, 0.2) is 18.2 Å². The van der Waals surface area contributed by atoms with Gasteiger partial charge in [-0.15, -0.1) is 12.4 Å². The maximum atomic E-state index is 12.7. The van der Waals surface area contributed by atoms with E-state index in [0.29, 0.717) is 30.4 Å². The first-order valence-electron chi connectivity index (χ1n) is 8.16. The van der Waals surface area contributed by atoms with Crippen LogP contribution >= 0.6 is 12.4 Å². The summed E-state index contributed by atoms with van der Waals surface area (Å²) in [6.45, 7) is 1.09. The van der Waals surface area contributed by atoms with Crippen LogP contribution < -0.4 is 11.1 Å². The van der Waals surface area contributed by atoms with Crippen molar-refractivity contribution in [3.8, 4) is 0 Å². The Hall–Kier alpha value is -1.86. The van der Waals surface area contributed by atoms with Crippen LogP contribution in [0.3, 0.4) is 0 Å². The lowest BCUT2D eigenvalue weighted by atomic mass is 10.0. The zero-order valence-electron chi connectivity index (χ0n) is 13.4. The quantitative estimate of drug-likeness (QED) is 0.625. The molecule has 1 saturated carbocycles. The lowest BCUT2D eigenvalue weighted by Gasteiger charge is -2.35. The Morgan fingerprint density at radius 2 is 2.08 bits per heavy atom. The average molecular weight is 355 g/mol. The first-order valence-corrected chi connectivity index (χ1v) is 8.16. The van der Waals surface area contributed by atoms with E-state index in [1.165, 1.54) is 6.07 Å². The SMILES string of the molecule is Cl.NCC1CCCCN1C(=O)c1ccc(NC2CC2)c([N+](=O)[O-])c1. The number of amides is 1. The molecule has 1 atom stereocenters.